The third kappa shape index (κ3) is 3.11. The molecule has 2 aliphatic rings. The summed E-state index contributed by atoms with van der Waals surface area (Å²) < 4.78 is 0. The van der Waals surface area contributed by atoms with Gasteiger partial charge >= 0.3 is 0 Å². The van der Waals surface area contributed by atoms with Gasteiger partial charge in [0, 0.05) is 5.88 Å². The van der Waals surface area contributed by atoms with Crippen LogP contribution in [-0.2, 0) is 11.2 Å². The highest BCUT2D eigenvalue weighted by atomic mass is 35.5. The number of halogens is 1. The van der Waals surface area contributed by atoms with Crippen molar-refractivity contribution in [2.24, 2.45) is 0 Å². The van der Waals surface area contributed by atoms with E-state index in [0.29, 0.717) is 5.88 Å². The molecule has 0 radical (unpaired) electrons. The van der Waals surface area contributed by atoms with Crippen molar-refractivity contribution >= 4 is 17.5 Å². The van der Waals surface area contributed by atoms with Gasteiger partial charge < -0.3 is 5.32 Å². The molecule has 1 amide bonds. The van der Waals surface area contributed by atoms with Gasteiger partial charge in [-0.3, -0.25) is 4.79 Å². The van der Waals surface area contributed by atoms with Gasteiger partial charge in [0.1, 0.15) is 0 Å². The van der Waals surface area contributed by atoms with Crippen molar-refractivity contribution in [2.75, 3.05) is 5.88 Å². The maximum absolute atomic E-state index is 12.8. The molecule has 0 aliphatic heterocycles. The SMILES string of the molecule is O=C(NC1(CCl)CCCCC1)C1CCCc2ccccc21. The fraction of sp³-hybridized carbons (Fsp3) is 0.611. The fourth-order valence-electron chi connectivity index (χ4n) is 3.90. The van der Waals surface area contributed by atoms with Crippen LogP contribution >= 0.6 is 11.6 Å². The number of nitrogens with one attached hydrogen (secondary N) is 1. The predicted octanol–water partition coefficient (Wildman–Crippen LogP) is 4.16. The standard InChI is InChI=1S/C18H24ClNO/c19-13-18(11-4-1-5-12-18)20-17(21)16-10-6-8-14-7-2-3-9-15(14)16/h2-3,7,9,16H,1,4-6,8,10-13H2,(H,20,21). The Labute approximate surface area is 132 Å². The van der Waals surface area contributed by atoms with Crippen LogP contribution in [0, 0.1) is 0 Å². The zero-order chi connectivity index (χ0) is 14.7. The summed E-state index contributed by atoms with van der Waals surface area (Å²) in [5.74, 6) is 0.731. The Morgan fingerprint density at radius 1 is 1.19 bits per heavy atom. The van der Waals surface area contributed by atoms with Gasteiger partial charge in [0.05, 0.1) is 11.5 Å². The molecule has 1 unspecified atom stereocenters. The Morgan fingerprint density at radius 2 is 1.95 bits per heavy atom. The summed E-state index contributed by atoms with van der Waals surface area (Å²) in [6, 6.07) is 8.39. The number of hydrogen-bond donors (Lipinski definition) is 1. The Kier molecular flexibility index (Phi) is 4.54. The highest BCUT2D eigenvalue weighted by molar-refractivity contribution is 6.18. The molecule has 2 nitrogen and oxygen atoms in total. The molecule has 0 aromatic heterocycles. The van der Waals surface area contributed by atoms with Crippen LogP contribution in [0.5, 0.6) is 0 Å². The second kappa shape index (κ2) is 6.39. The molecule has 2 aliphatic carbocycles. The number of benzene rings is 1. The molecule has 1 aromatic rings. The topological polar surface area (TPSA) is 29.1 Å². The number of carbonyl (C=O) groups is 1. The van der Waals surface area contributed by atoms with Gasteiger partial charge in [0.15, 0.2) is 0 Å². The van der Waals surface area contributed by atoms with E-state index in [4.69, 9.17) is 11.6 Å². The van der Waals surface area contributed by atoms with Gasteiger partial charge in [-0.05, 0) is 43.2 Å². The van der Waals surface area contributed by atoms with Gasteiger partial charge in [0.2, 0.25) is 5.91 Å². The van der Waals surface area contributed by atoms with E-state index in [1.807, 2.05) is 6.07 Å². The van der Waals surface area contributed by atoms with Crippen molar-refractivity contribution in [3.63, 3.8) is 0 Å². The summed E-state index contributed by atoms with van der Waals surface area (Å²) in [5.41, 5.74) is 2.40. The zero-order valence-corrected chi connectivity index (χ0v) is 13.3. The van der Waals surface area contributed by atoms with Crippen LogP contribution in [0.4, 0.5) is 0 Å². The monoisotopic (exact) mass is 305 g/mol. The number of carbonyl (C=O) groups excluding carboxylic acids is 1. The summed E-state index contributed by atoms with van der Waals surface area (Å²) >= 11 is 6.21. The first-order valence-corrected chi connectivity index (χ1v) is 8.73. The lowest BCUT2D eigenvalue weighted by Crippen LogP contribution is -2.52. The van der Waals surface area contributed by atoms with E-state index in [2.05, 4.69) is 23.5 Å². The van der Waals surface area contributed by atoms with Crippen molar-refractivity contribution in [1.29, 1.82) is 0 Å². The number of amides is 1. The summed E-state index contributed by atoms with van der Waals surface area (Å²) in [7, 11) is 0. The Bertz CT molecular complexity index is 508. The normalized spacial score (nSPS) is 24.1. The van der Waals surface area contributed by atoms with E-state index in [0.717, 1.165) is 32.1 Å². The first-order chi connectivity index (χ1) is 10.2. The van der Waals surface area contributed by atoms with E-state index < -0.39 is 0 Å². The molecule has 1 aromatic carbocycles. The molecular formula is C18H24ClNO. The molecule has 1 fully saturated rings. The molecule has 114 valence electrons. The lowest BCUT2D eigenvalue weighted by atomic mass is 9.79. The van der Waals surface area contributed by atoms with Crippen LogP contribution in [0.1, 0.15) is 62.0 Å². The molecule has 1 N–H and O–H groups in total. The highest BCUT2D eigenvalue weighted by Gasteiger charge is 2.36. The van der Waals surface area contributed by atoms with Crippen LogP contribution in [0.2, 0.25) is 0 Å². The van der Waals surface area contributed by atoms with Crippen molar-refractivity contribution in [2.45, 2.75) is 62.8 Å². The van der Waals surface area contributed by atoms with Gasteiger partial charge in [0.25, 0.3) is 0 Å². The quantitative estimate of drug-likeness (QED) is 0.835. The van der Waals surface area contributed by atoms with Gasteiger partial charge in [-0.25, -0.2) is 0 Å². The third-order valence-electron chi connectivity index (χ3n) is 5.14. The summed E-state index contributed by atoms with van der Waals surface area (Å²) in [5, 5.41) is 3.32. The summed E-state index contributed by atoms with van der Waals surface area (Å²) in [6.45, 7) is 0. The van der Waals surface area contributed by atoms with E-state index in [9.17, 15) is 4.79 Å². The second-order valence-corrected chi connectivity index (χ2v) is 6.87. The molecule has 0 saturated heterocycles. The minimum Gasteiger partial charge on any atom is -0.349 e. The number of rotatable bonds is 3. The first-order valence-electron chi connectivity index (χ1n) is 8.20. The fourth-order valence-corrected chi connectivity index (χ4v) is 4.23. The molecule has 21 heavy (non-hydrogen) atoms. The predicted molar refractivity (Wildman–Crippen MR) is 86.8 cm³/mol. The van der Waals surface area contributed by atoms with Gasteiger partial charge in [-0.15, -0.1) is 11.6 Å². The van der Waals surface area contributed by atoms with E-state index in [1.165, 1.54) is 30.4 Å². The third-order valence-corrected chi connectivity index (χ3v) is 5.65. The molecular weight excluding hydrogens is 282 g/mol. The highest BCUT2D eigenvalue weighted by Crippen LogP contribution is 2.34. The Morgan fingerprint density at radius 3 is 2.71 bits per heavy atom. The van der Waals surface area contributed by atoms with Crippen molar-refractivity contribution in [1.82, 2.24) is 5.32 Å². The molecule has 1 saturated carbocycles. The maximum Gasteiger partial charge on any atom is 0.228 e. The summed E-state index contributed by atoms with van der Waals surface area (Å²) in [4.78, 5) is 12.8. The van der Waals surface area contributed by atoms with Crippen molar-refractivity contribution in [3.8, 4) is 0 Å². The average molecular weight is 306 g/mol. The number of fused-ring (bicyclic) bond motifs is 1. The maximum atomic E-state index is 12.8. The second-order valence-electron chi connectivity index (χ2n) is 6.61. The van der Waals surface area contributed by atoms with Gasteiger partial charge in [-0.2, -0.15) is 0 Å². The van der Waals surface area contributed by atoms with Crippen LogP contribution in [0.15, 0.2) is 24.3 Å². The van der Waals surface area contributed by atoms with Crippen molar-refractivity contribution in [3.05, 3.63) is 35.4 Å². The van der Waals surface area contributed by atoms with Crippen LogP contribution < -0.4 is 5.32 Å². The van der Waals surface area contributed by atoms with E-state index in [-0.39, 0.29) is 17.4 Å². The van der Waals surface area contributed by atoms with Gasteiger partial charge in [-0.1, -0.05) is 43.5 Å². The lowest BCUT2D eigenvalue weighted by Gasteiger charge is -2.38. The first kappa shape index (κ1) is 14.9. The average Bonchev–Trinajstić information content (AvgIpc) is 2.55. The molecule has 3 heteroatoms. The molecule has 0 heterocycles. The van der Waals surface area contributed by atoms with E-state index in [1.54, 1.807) is 0 Å². The minimum absolute atomic E-state index is 0.0111. The molecule has 0 spiro atoms. The van der Waals surface area contributed by atoms with Crippen molar-refractivity contribution < 1.29 is 4.79 Å². The molecule has 0 bridgehead atoms. The Balaban J connectivity index is 1.77. The number of hydrogen-bond acceptors (Lipinski definition) is 1. The zero-order valence-electron chi connectivity index (χ0n) is 12.5. The largest absolute Gasteiger partial charge is 0.349 e. The lowest BCUT2D eigenvalue weighted by molar-refractivity contribution is -0.125. The summed E-state index contributed by atoms with van der Waals surface area (Å²) in [6.07, 6.45) is 8.82. The van der Waals surface area contributed by atoms with Crippen LogP contribution in [0.25, 0.3) is 0 Å². The minimum atomic E-state index is -0.163. The van der Waals surface area contributed by atoms with Crippen LogP contribution in [-0.4, -0.2) is 17.3 Å². The van der Waals surface area contributed by atoms with Crippen LogP contribution in [0.3, 0.4) is 0 Å². The molecule has 1 atom stereocenters. The molecule has 3 rings (SSSR count). The van der Waals surface area contributed by atoms with E-state index >= 15 is 0 Å². The smallest absolute Gasteiger partial charge is 0.228 e. The number of alkyl halides is 1. The Hall–Kier alpha value is -1.02. The number of aryl methyl sites for hydroxylation is 1.